The second kappa shape index (κ2) is 5.95. The smallest absolute Gasteiger partial charge is 0.251 e. The van der Waals surface area contributed by atoms with E-state index < -0.39 is 0 Å². The van der Waals surface area contributed by atoms with Gasteiger partial charge in [0, 0.05) is 25.7 Å². The molecule has 0 bridgehead atoms. The summed E-state index contributed by atoms with van der Waals surface area (Å²) < 4.78 is 0. The van der Waals surface area contributed by atoms with Gasteiger partial charge in [-0.25, -0.2) is 0 Å². The number of nitrogens with one attached hydrogen (secondary N) is 1. The number of carbonyl (C=O) groups excluding carboxylic acids is 1. The van der Waals surface area contributed by atoms with Gasteiger partial charge in [0.15, 0.2) is 0 Å². The third-order valence-electron chi connectivity index (χ3n) is 3.84. The van der Waals surface area contributed by atoms with Crippen LogP contribution in [0.1, 0.15) is 36.5 Å². The zero-order valence-electron chi connectivity index (χ0n) is 11.8. The summed E-state index contributed by atoms with van der Waals surface area (Å²) in [4.78, 5) is 13.9. The van der Waals surface area contributed by atoms with Gasteiger partial charge in [-0.2, -0.15) is 0 Å². The third-order valence-corrected chi connectivity index (χ3v) is 3.84. The minimum absolute atomic E-state index is 0.0940. The Hall–Kier alpha value is -1.71. The number of amides is 1. The van der Waals surface area contributed by atoms with Crippen LogP contribution < -0.4 is 16.0 Å². The predicted octanol–water partition coefficient (Wildman–Crippen LogP) is 2.25. The number of carbonyl (C=O) groups is 1. The zero-order valence-corrected chi connectivity index (χ0v) is 11.8. The van der Waals surface area contributed by atoms with E-state index in [1.54, 1.807) is 13.1 Å². The zero-order chi connectivity index (χ0) is 13.8. The predicted molar refractivity (Wildman–Crippen MR) is 79.5 cm³/mol. The molecule has 2 rings (SSSR count). The fraction of sp³-hybridized carbons (Fsp3) is 0.533. The summed E-state index contributed by atoms with van der Waals surface area (Å²) in [5, 5.41) is 2.61. The summed E-state index contributed by atoms with van der Waals surface area (Å²) in [5.41, 5.74) is 8.46. The van der Waals surface area contributed by atoms with Gasteiger partial charge in [0.25, 0.3) is 5.91 Å². The van der Waals surface area contributed by atoms with E-state index in [0.29, 0.717) is 11.3 Å². The van der Waals surface area contributed by atoms with Crippen molar-refractivity contribution in [3.8, 4) is 0 Å². The molecule has 4 heteroatoms. The van der Waals surface area contributed by atoms with Gasteiger partial charge in [0.1, 0.15) is 0 Å². The Bertz CT molecular complexity index is 459. The van der Waals surface area contributed by atoms with Crippen molar-refractivity contribution in [3.63, 3.8) is 0 Å². The Morgan fingerprint density at radius 3 is 2.95 bits per heavy atom. The second-order valence-corrected chi connectivity index (χ2v) is 5.24. The van der Waals surface area contributed by atoms with Gasteiger partial charge < -0.3 is 16.0 Å². The van der Waals surface area contributed by atoms with Crippen molar-refractivity contribution >= 4 is 17.3 Å². The minimum Gasteiger partial charge on any atom is -0.397 e. The van der Waals surface area contributed by atoms with Crippen molar-refractivity contribution in [2.24, 2.45) is 5.92 Å². The molecular weight excluding hydrogens is 238 g/mol. The van der Waals surface area contributed by atoms with E-state index in [1.807, 2.05) is 12.1 Å². The molecule has 1 heterocycles. The Morgan fingerprint density at radius 1 is 1.53 bits per heavy atom. The Morgan fingerprint density at radius 2 is 2.32 bits per heavy atom. The van der Waals surface area contributed by atoms with Crippen LogP contribution in [-0.4, -0.2) is 26.0 Å². The molecule has 1 aliphatic heterocycles. The Kier molecular flexibility index (Phi) is 4.30. The number of anilines is 2. The molecule has 1 unspecified atom stereocenters. The molecular formula is C15H23N3O. The minimum atomic E-state index is -0.0940. The lowest BCUT2D eigenvalue weighted by molar-refractivity contribution is 0.0963. The maximum atomic E-state index is 11.6. The van der Waals surface area contributed by atoms with E-state index >= 15 is 0 Å². The van der Waals surface area contributed by atoms with Crippen LogP contribution in [0, 0.1) is 5.92 Å². The van der Waals surface area contributed by atoms with Gasteiger partial charge >= 0.3 is 0 Å². The van der Waals surface area contributed by atoms with E-state index in [2.05, 4.69) is 17.1 Å². The number of nitrogen functional groups attached to an aromatic ring is 1. The lowest BCUT2D eigenvalue weighted by Gasteiger charge is -2.21. The van der Waals surface area contributed by atoms with Gasteiger partial charge in [0.2, 0.25) is 0 Å². The first kappa shape index (κ1) is 13.7. The van der Waals surface area contributed by atoms with Crippen LogP contribution in [0.2, 0.25) is 0 Å². The van der Waals surface area contributed by atoms with Crippen molar-refractivity contribution in [3.05, 3.63) is 23.8 Å². The van der Waals surface area contributed by atoms with Gasteiger partial charge in [-0.3, -0.25) is 4.79 Å². The lowest BCUT2D eigenvalue weighted by atomic mass is 10.0. The van der Waals surface area contributed by atoms with E-state index in [-0.39, 0.29) is 5.91 Å². The number of hydrogen-bond acceptors (Lipinski definition) is 3. The Balaban J connectivity index is 2.11. The highest BCUT2D eigenvalue weighted by Crippen LogP contribution is 2.31. The Labute approximate surface area is 115 Å². The number of nitrogens with two attached hydrogens (primary N) is 1. The molecule has 1 amide bonds. The second-order valence-electron chi connectivity index (χ2n) is 5.24. The van der Waals surface area contributed by atoms with Crippen molar-refractivity contribution in [1.82, 2.24) is 5.32 Å². The number of rotatable bonds is 4. The molecule has 0 saturated carbocycles. The summed E-state index contributed by atoms with van der Waals surface area (Å²) >= 11 is 0. The van der Waals surface area contributed by atoms with Crippen LogP contribution in [0.4, 0.5) is 11.4 Å². The first-order chi connectivity index (χ1) is 9.15. The summed E-state index contributed by atoms with van der Waals surface area (Å²) in [6, 6.07) is 5.58. The summed E-state index contributed by atoms with van der Waals surface area (Å²) in [6.45, 7) is 4.38. The average molecular weight is 261 g/mol. The van der Waals surface area contributed by atoms with Crippen molar-refractivity contribution in [1.29, 1.82) is 0 Å². The maximum absolute atomic E-state index is 11.6. The topological polar surface area (TPSA) is 58.4 Å². The molecule has 4 nitrogen and oxygen atoms in total. The molecule has 1 atom stereocenters. The van der Waals surface area contributed by atoms with Crippen LogP contribution >= 0.6 is 0 Å². The maximum Gasteiger partial charge on any atom is 0.251 e. The van der Waals surface area contributed by atoms with Gasteiger partial charge in [-0.15, -0.1) is 0 Å². The van der Waals surface area contributed by atoms with Crippen LogP contribution in [0.15, 0.2) is 18.2 Å². The van der Waals surface area contributed by atoms with E-state index in [9.17, 15) is 4.79 Å². The summed E-state index contributed by atoms with van der Waals surface area (Å²) in [6.07, 6.45) is 3.76. The van der Waals surface area contributed by atoms with Crippen LogP contribution in [0.3, 0.4) is 0 Å². The molecule has 1 aliphatic rings. The molecule has 0 spiro atoms. The van der Waals surface area contributed by atoms with E-state index in [4.69, 9.17) is 5.73 Å². The SMILES string of the molecule is CCCC1CCN(c2ccc(C(=O)NC)cc2N)C1. The molecule has 1 fully saturated rings. The highest BCUT2D eigenvalue weighted by atomic mass is 16.1. The molecule has 1 aromatic carbocycles. The largest absolute Gasteiger partial charge is 0.397 e. The normalized spacial score (nSPS) is 18.6. The highest BCUT2D eigenvalue weighted by Gasteiger charge is 2.23. The monoisotopic (exact) mass is 261 g/mol. The molecule has 104 valence electrons. The molecule has 0 aromatic heterocycles. The van der Waals surface area contributed by atoms with Crippen molar-refractivity contribution in [2.75, 3.05) is 30.8 Å². The molecule has 1 saturated heterocycles. The first-order valence-corrected chi connectivity index (χ1v) is 7.02. The van der Waals surface area contributed by atoms with Crippen LogP contribution in [0.5, 0.6) is 0 Å². The number of benzene rings is 1. The number of hydrogen-bond donors (Lipinski definition) is 2. The molecule has 0 radical (unpaired) electrons. The number of nitrogens with zero attached hydrogens (tertiary/aromatic N) is 1. The summed E-state index contributed by atoms with van der Waals surface area (Å²) in [5.74, 6) is 0.687. The van der Waals surface area contributed by atoms with Crippen molar-refractivity contribution < 1.29 is 4.79 Å². The van der Waals surface area contributed by atoms with Gasteiger partial charge in [-0.05, 0) is 37.0 Å². The molecule has 0 aliphatic carbocycles. The van der Waals surface area contributed by atoms with E-state index in [1.165, 1.54) is 19.3 Å². The molecule has 19 heavy (non-hydrogen) atoms. The van der Waals surface area contributed by atoms with Crippen LogP contribution in [-0.2, 0) is 0 Å². The van der Waals surface area contributed by atoms with Gasteiger partial charge in [-0.1, -0.05) is 13.3 Å². The average Bonchev–Trinajstić information content (AvgIpc) is 2.86. The first-order valence-electron chi connectivity index (χ1n) is 7.02. The van der Waals surface area contributed by atoms with Crippen molar-refractivity contribution in [2.45, 2.75) is 26.2 Å². The van der Waals surface area contributed by atoms with E-state index in [0.717, 1.165) is 24.7 Å². The third kappa shape index (κ3) is 3.00. The quantitative estimate of drug-likeness (QED) is 0.817. The van der Waals surface area contributed by atoms with Crippen LogP contribution in [0.25, 0.3) is 0 Å². The molecule has 3 N–H and O–H groups in total. The highest BCUT2D eigenvalue weighted by molar-refractivity contribution is 5.96. The lowest BCUT2D eigenvalue weighted by Crippen LogP contribution is -2.22. The molecule has 1 aromatic rings. The standard InChI is InChI=1S/C15H23N3O/c1-3-4-11-7-8-18(10-11)14-6-5-12(9-13(14)16)15(19)17-2/h5-6,9,11H,3-4,7-8,10,16H2,1-2H3,(H,17,19). The fourth-order valence-electron chi connectivity index (χ4n) is 2.82. The fourth-order valence-corrected chi connectivity index (χ4v) is 2.82. The summed E-state index contributed by atoms with van der Waals surface area (Å²) in [7, 11) is 1.63. The van der Waals surface area contributed by atoms with Gasteiger partial charge in [0.05, 0.1) is 11.4 Å².